The molecular weight excluding hydrogens is 524 g/mol. The zero-order valence-corrected chi connectivity index (χ0v) is 22.4. The lowest BCUT2D eigenvalue weighted by molar-refractivity contribution is -0.123. The monoisotopic (exact) mass is 556 g/mol. The second-order valence-corrected chi connectivity index (χ2v) is 9.88. The van der Waals surface area contributed by atoms with Crippen LogP contribution in [0, 0.1) is 5.92 Å². The summed E-state index contributed by atoms with van der Waals surface area (Å²) >= 11 is 0. The lowest BCUT2D eigenvalue weighted by atomic mass is 9.83. The van der Waals surface area contributed by atoms with E-state index in [-0.39, 0.29) is 24.1 Å². The molecule has 0 radical (unpaired) electrons. The van der Waals surface area contributed by atoms with Gasteiger partial charge in [-0.25, -0.2) is 14.7 Å². The molecule has 1 unspecified atom stereocenters. The number of rotatable bonds is 8. The first-order chi connectivity index (χ1) is 19.8. The van der Waals surface area contributed by atoms with Crippen LogP contribution in [-0.4, -0.2) is 37.0 Å². The summed E-state index contributed by atoms with van der Waals surface area (Å²) in [5.41, 5.74) is 2.68. The molecule has 1 fully saturated rings. The third-order valence-corrected chi connectivity index (χ3v) is 7.15. The van der Waals surface area contributed by atoms with E-state index >= 15 is 0 Å². The number of aromatic nitrogens is 3. The van der Waals surface area contributed by atoms with Gasteiger partial charge < -0.3 is 15.5 Å². The van der Waals surface area contributed by atoms with Crippen LogP contribution in [0.3, 0.4) is 0 Å². The minimum atomic E-state index is -1.83. The van der Waals surface area contributed by atoms with E-state index in [0.29, 0.717) is 18.0 Å². The first kappa shape index (κ1) is 29.0. The predicted molar refractivity (Wildman–Crippen MR) is 154 cm³/mol. The number of amides is 1. The quantitative estimate of drug-likeness (QED) is 0.250. The summed E-state index contributed by atoms with van der Waals surface area (Å²) in [6.07, 6.45) is 2.52. The number of nitrogens with zero attached hydrogens (tertiary/aromatic N) is 2. The Morgan fingerprint density at radius 3 is 2.07 bits per heavy atom. The molecule has 1 atom stereocenters. The Bertz CT molecular complexity index is 1560. The Labute approximate surface area is 236 Å². The van der Waals surface area contributed by atoms with Crippen LogP contribution in [0.5, 0.6) is 0 Å². The van der Waals surface area contributed by atoms with E-state index in [2.05, 4.69) is 15.5 Å². The molecule has 41 heavy (non-hydrogen) atoms. The van der Waals surface area contributed by atoms with Crippen molar-refractivity contribution >= 4 is 12.1 Å². The van der Waals surface area contributed by atoms with Gasteiger partial charge >= 0.3 is 11.8 Å². The lowest BCUT2D eigenvalue weighted by Gasteiger charge is -2.23. The van der Waals surface area contributed by atoms with Gasteiger partial charge in [-0.15, -0.1) is 0 Å². The number of carbonyl (C=O) groups is 2. The molecule has 4 aromatic rings. The fraction of sp³-hybridized carbons (Fsp3) is 0.258. The molecular formula is C31H32N4O6. The summed E-state index contributed by atoms with van der Waals surface area (Å²) < 4.78 is 1.16. The highest BCUT2D eigenvalue weighted by Gasteiger charge is 2.31. The van der Waals surface area contributed by atoms with E-state index in [4.69, 9.17) is 15.0 Å². The number of carboxylic acid groups (broad SMARTS) is 2. The third kappa shape index (κ3) is 7.78. The number of aromatic amines is 1. The van der Waals surface area contributed by atoms with Crippen molar-refractivity contribution in [1.82, 2.24) is 20.1 Å². The maximum Gasteiger partial charge on any atom is 0.503 e. The van der Waals surface area contributed by atoms with Crippen LogP contribution < -0.4 is 16.6 Å². The number of H-pyrrole nitrogens is 1. The van der Waals surface area contributed by atoms with Crippen molar-refractivity contribution in [3.05, 3.63) is 122 Å². The van der Waals surface area contributed by atoms with Gasteiger partial charge in [0, 0.05) is 12.1 Å². The highest BCUT2D eigenvalue weighted by Crippen LogP contribution is 2.37. The maximum absolute atomic E-state index is 13.3. The molecule has 1 amide bonds. The van der Waals surface area contributed by atoms with E-state index in [0.717, 1.165) is 46.9 Å². The van der Waals surface area contributed by atoms with E-state index in [1.165, 1.54) is 0 Å². The van der Waals surface area contributed by atoms with Crippen LogP contribution in [-0.2, 0) is 17.9 Å². The van der Waals surface area contributed by atoms with Crippen LogP contribution >= 0.6 is 0 Å². The van der Waals surface area contributed by atoms with Crippen LogP contribution in [0.25, 0.3) is 11.3 Å². The summed E-state index contributed by atoms with van der Waals surface area (Å²) in [5.74, 6) is 0.121. The summed E-state index contributed by atoms with van der Waals surface area (Å²) in [6.45, 7) is 0.615. The molecule has 4 N–H and O–H groups in total. The first-order valence-corrected chi connectivity index (χ1v) is 13.4. The molecule has 212 valence electrons. The second-order valence-electron chi connectivity index (χ2n) is 9.88. The summed E-state index contributed by atoms with van der Waals surface area (Å²) in [5, 5.41) is 23.5. The van der Waals surface area contributed by atoms with Crippen LogP contribution in [0.1, 0.15) is 48.3 Å². The molecule has 3 aromatic carbocycles. The average molecular weight is 557 g/mol. The Kier molecular flexibility index (Phi) is 9.82. The highest BCUT2D eigenvalue weighted by atomic mass is 16.6. The molecule has 10 heteroatoms. The fourth-order valence-electron chi connectivity index (χ4n) is 5.20. The van der Waals surface area contributed by atoms with Crippen molar-refractivity contribution in [3.63, 3.8) is 0 Å². The normalized spacial score (nSPS) is 13.6. The summed E-state index contributed by atoms with van der Waals surface area (Å²) in [7, 11) is 0. The Morgan fingerprint density at radius 1 is 0.878 bits per heavy atom. The van der Waals surface area contributed by atoms with Crippen LogP contribution in [0.15, 0.2) is 94.5 Å². The van der Waals surface area contributed by atoms with E-state index in [1.807, 2.05) is 72.8 Å². The highest BCUT2D eigenvalue weighted by molar-refractivity contribution is 5.84. The minimum absolute atomic E-state index is 0.0396. The predicted octanol–water partition coefficient (Wildman–Crippen LogP) is 4.46. The van der Waals surface area contributed by atoms with Gasteiger partial charge in [-0.1, -0.05) is 97.8 Å². The van der Waals surface area contributed by atoms with Gasteiger partial charge in [0.1, 0.15) is 0 Å². The molecule has 1 heterocycles. The van der Waals surface area contributed by atoms with Gasteiger partial charge in [-0.3, -0.25) is 14.2 Å². The van der Waals surface area contributed by atoms with E-state index < -0.39 is 17.4 Å². The van der Waals surface area contributed by atoms with Crippen LogP contribution in [0.2, 0.25) is 0 Å². The maximum atomic E-state index is 13.3. The fourth-order valence-corrected chi connectivity index (χ4v) is 5.20. The van der Waals surface area contributed by atoms with Crippen LogP contribution in [0.4, 0.5) is 4.79 Å². The second kappa shape index (κ2) is 13.9. The minimum Gasteiger partial charge on any atom is -0.450 e. The molecule has 1 aromatic heterocycles. The van der Waals surface area contributed by atoms with Gasteiger partial charge in [0.15, 0.2) is 5.69 Å². The Morgan fingerprint density at radius 2 is 1.46 bits per heavy atom. The van der Waals surface area contributed by atoms with E-state index in [9.17, 15) is 14.4 Å². The molecule has 1 aliphatic rings. The SMILES string of the molecule is O=C(NCc1ccccc1)C(c1ccc(Cn2c(=O)[nH]nc(-c3ccccc3)c2=O)cc1)C1CCCC1.O=C(O)O. The van der Waals surface area contributed by atoms with Gasteiger partial charge in [0.2, 0.25) is 5.91 Å². The number of carbonyl (C=O) groups excluding carboxylic acids is 1. The van der Waals surface area contributed by atoms with Gasteiger partial charge in [0.05, 0.1) is 12.5 Å². The zero-order valence-electron chi connectivity index (χ0n) is 22.4. The summed E-state index contributed by atoms with van der Waals surface area (Å²) in [4.78, 5) is 47.4. The summed E-state index contributed by atoms with van der Waals surface area (Å²) in [6, 6.07) is 26.7. The smallest absolute Gasteiger partial charge is 0.450 e. The topological polar surface area (TPSA) is 154 Å². The van der Waals surface area contributed by atoms with Crippen molar-refractivity contribution in [2.45, 2.75) is 44.7 Å². The molecule has 0 bridgehead atoms. The van der Waals surface area contributed by atoms with Crippen molar-refractivity contribution in [1.29, 1.82) is 0 Å². The van der Waals surface area contributed by atoms with Crippen molar-refractivity contribution in [3.8, 4) is 11.3 Å². The van der Waals surface area contributed by atoms with Gasteiger partial charge in [-0.05, 0) is 35.4 Å². The average Bonchev–Trinajstić information content (AvgIpc) is 3.50. The van der Waals surface area contributed by atoms with E-state index in [1.54, 1.807) is 12.1 Å². The third-order valence-electron chi connectivity index (χ3n) is 7.15. The number of hydrogen-bond acceptors (Lipinski definition) is 5. The first-order valence-electron chi connectivity index (χ1n) is 13.4. The molecule has 0 saturated heterocycles. The Balaban J connectivity index is 0.000000909. The molecule has 1 aliphatic carbocycles. The molecule has 1 saturated carbocycles. The molecule has 5 rings (SSSR count). The van der Waals surface area contributed by atoms with Crippen molar-refractivity contribution in [2.24, 2.45) is 5.92 Å². The molecule has 10 nitrogen and oxygen atoms in total. The Hall–Kier alpha value is -4.99. The van der Waals surface area contributed by atoms with Gasteiger partial charge in [-0.2, -0.15) is 5.10 Å². The number of nitrogens with one attached hydrogen (secondary N) is 2. The van der Waals surface area contributed by atoms with Crippen molar-refractivity contribution < 1.29 is 19.8 Å². The lowest BCUT2D eigenvalue weighted by Crippen LogP contribution is -2.37. The number of benzene rings is 3. The standard InChI is InChI=1S/C30H30N4O3.CH2O3/c35-28(31-19-21-9-3-1-4-10-21)26(23-11-7-8-12-23)24-17-15-22(16-18-24)20-34-29(36)27(32-33-30(34)37)25-13-5-2-6-14-25;2-1(3)4/h1-6,9-10,13-18,23,26H,7-8,11-12,19-20H2,(H,31,35)(H,33,37);(H2,2,3,4). The van der Waals surface area contributed by atoms with Crippen molar-refractivity contribution in [2.75, 3.05) is 0 Å². The van der Waals surface area contributed by atoms with Gasteiger partial charge in [0.25, 0.3) is 5.56 Å². The molecule has 0 spiro atoms. The largest absolute Gasteiger partial charge is 0.503 e. The zero-order chi connectivity index (χ0) is 29.2. The number of hydrogen-bond donors (Lipinski definition) is 4. The molecule has 0 aliphatic heterocycles.